The zero-order valence-corrected chi connectivity index (χ0v) is 8.70. The van der Waals surface area contributed by atoms with Crippen molar-refractivity contribution >= 4 is 11.5 Å². The van der Waals surface area contributed by atoms with Crippen LogP contribution in [0.1, 0.15) is 0 Å². The molecule has 1 aromatic carbocycles. The highest BCUT2D eigenvalue weighted by molar-refractivity contribution is 5.71. The third-order valence-electron chi connectivity index (χ3n) is 2.19. The predicted octanol–water partition coefficient (Wildman–Crippen LogP) is 1.34. The zero-order valence-electron chi connectivity index (χ0n) is 8.70. The van der Waals surface area contributed by atoms with Crippen molar-refractivity contribution < 1.29 is 4.92 Å². The Hall–Kier alpha value is -2.54. The Bertz CT molecular complexity index is 541. The Morgan fingerprint density at radius 1 is 1.18 bits per heavy atom. The predicted molar refractivity (Wildman–Crippen MR) is 61.9 cm³/mol. The van der Waals surface area contributed by atoms with Gasteiger partial charge in [-0.2, -0.15) is 0 Å². The molecule has 1 aromatic heterocycles. The van der Waals surface area contributed by atoms with Gasteiger partial charge in [0, 0.05) is 30.1 Å². The summed E-state index contributed by atoms with van der Waals surface area (Å²) in [6.07, 6.45) is 3.03. The Morgan fingerprint density at radius 2 is 1.82 bits per heavy atom. The molecule has 86 valence electrons. The first kappa shape index (κ1) is 11.0. The summed E-state index contributed by atoms with van der Waals surface area (Å²) in [6, 6.07) is 6.01. The zero-order chi connectivity index (χ0) is 12.3. The van der Waals surface area contributed by atoms with Gasteiger partial charge in [0.25, 0.3) is 5.69 Å². The summed E-state index contributed by atoms with van der Waals surface area (Å²) in [5, 5.41) is 10.5. The molecule has 0 saturated carbocycles. The lowest BCUT2D eigenvalue weighted by Gasteiger charge is -2.05. The van der Waals surface area contributed by atoms with Crippen LogP contribution in [0.3, 0.4) is 0 Å². The van der Waals surface area contributed by atoms with Crippen LogP contribution in [-0.2, 0) is 0 Å². The van der Waals surface area contributed by atoms with Gasteiger partial charge >= 0.3 is 0 Å². The minimum atomic E-state index is -0.456. The second kappa shape index (κ2) is 4.54. The minimum absolute atomic E-state index is 0.0277. The number of nitro groups is 1. The van der Waals surface area contributed by atoms with Crippen LogP contribution in [0.5, 0.6) is 0 Å². The molecule has 0 aliphatic heterocycles. The van der Waals surface area contributed by atoms with Crippen LogP contribution in [-0.4, -0.2) is 14.9 Å². The average molecular weight is 231 g/mol. The minimum Gasteiger partial charge on any atom is -0.307 e. The summed E-state index contributed by atoms with van der Waals surface area (Å²) in [5.74, 6) is 5.72. The average Bonchev–Trinajstić information content (AvgIpc) is 2.39. The summed E-state index contributed by atoms with van der Waals surface area (Å²) in [6.45, 7) is 0. The van der Waals surface area contributed by atoms with E-state index >= 15 is 0 Å². The van der Waals surface area contributed by atoms with Crippen molar-refractivity contribution in [1.82, 2.24) is 9.97 Å². The SMILES string of the molecule is NNc1nccnc1-c1ccc([N+](=O)[O-])cc1. The van der Waals surface area contributed by atoms with Gasteiger partial charge in [-0.15, -0.1) is 0 Å². The van der Waals surface area contributed by atoms with Crippen LogP contribution >= 0.6 is 0 Å². The number of non-ortho nitro benzene ring substituents is 1. The highest BCUT2D eigenvalue weighted by Gasteiger charge is 2.09. The number of nitrogens with two attached hydrogens (primary N) is 1. The lowest BCUT2D eigenvalue weighted by molar-refractivity contribution is -0.384. The highest BCUT2D eigenvalue weighted by Crippen LogP contribution is 2.24. The van der Waals surface area contributed by atoms with E-state index < -0.39 is 4.92 Å². The van der Waals surface area contributed by atoms with Gasteiger partial charge < -0.3 is 5.43 Å². The molecule has 0 aliphatic rings. The van der Waals surface area contributed by atoms with Gasteiger partial charge in [0.2, 0.25) is 0 Å². The number of hydrazine groups is 1. The van der Waals surface area contributed by atoms with Gasteiger partial charge in [0.05, 0.1) is 4.92 Å². The summed E-state index contributed by atoms with van der Waals surface area (Å²) in [4.78, 5) is 18.2. The van der Waals surface area contributed by atoms with Gasteiger partial charge in [-0.1, -0.05) is 0 Å². The van der Waals surface area contributed by atoms with E-state index in [1.165, 1.54) is 24.5 Å². The molecule has 7 heteroatoms. The fraction of sp³-hybridized carbons (Fsp3) is 0. The third-order valence-corrected chi connectivity index (χ3v) is 2.19. The van der Waals surface area contributed by atoms with Crippen molar-refractivity contribution in [3.05, 3.63) is 46.8 Å². The van der Waals surface area contributed by atoms with Crippen LogP contribution in [0.2, 0.25) is 0 Å². The first-order valence-electron chi connectivity index (χ1n) is 4.75. The van der Waals surface area contributed by atoms with Crippen LogP contribution in [0.25, 0.3) is 11.3 Å². The van der Waals surface area contributed by atoms with Crippen LogP contribution in [0.15, 0.2) is 36.7 Å². The van der Waals surface area contributed by atoms with Gasteiger partial charge in [0.15, 0.2) is 5.82 Å². The summed E-state index contributed by atoms with van der Waals surface area (Å²) in [5.41, 5.74) is 3.70. The first-order chi connectivity index (χ1) is 8.22. The molecule has 0 spiro atoms. The number of hydrogen-bond acceptors (Lipinski definition) is 6. The first-order valence-corrected chi connectivity index (χ1v) is 4.75. The van der Waals surface area contributed by atoms with Gasteiger partial charge in [0.1, 0.15) is 5.69 Å². The number of rotatable bonds is 3. The lowest BCUT2D eigenvalue weighted by Crippen LogP contribution is -2.10. The monoisotopic (exact) mass is 231 g/mol. The molecule has 0 amide bonds. The molecular weight excluding hydrogens is 222 g/mol. The molecule has 0 atom stereocenters. The van der Waals surface area contributed by atoms with E-state index in [1.807, 2.05) is 0 Å². The molecular formula is C10H9N5O2. The summed E-state index contributed by atoms with van der Waals surface area (Å²) in [7, 11) is 0. The summed E-state index contributed by atoms with van der Waals surface area (Å²) < 4.78 is 0. The van der Waals surface area contributed by atoms with Crippen molar-refractivity contribution in [3.63, 3.8) is 0 Å². The Labute approximate surface area is 96.4 Å². The molecule has 1 heterocycles. The number of aromatic nitrogens is 2. The molecule has 0 bridgehead atoms. The Balaban J connectivity index is 2.43. The number of benzene rings is 1. The maximum absolute atomic E-state index is 10.5. The van der Waals surface area contributed by atoms with E-state index in [2.05, 4.69) is 15.4 Å². The van der Waals surface area contributed by atoms with E-state index in [4.69, 9.17) is 5.84 Å². The van der Waals surface area contributed by atoms with Gasteiger partial charge in [-0.05, 0) is 12.1 Å². The third kappa shape index (κ3) is 2.18. The fourth-order valence-corrected chi connectivity index (χ4v) is 1.40. The Morgan fingerprint density at radius 3 is 2.41 bits per heavy atom. The molecule has 0 fully saturated rings. The van der Waals surface area contributed by atoms with Crippen LogP contribution in [0, 0.1) is 10.1 Å². The van der Waals surface area contributed by atoms with Crippen molar-refractivity contribution in [2.45, 2.75) is 0 Å². The van der Waals surface area contributed by atoms with E-state index in [1.54, 1.807) is 12.1 Å². The largest absolute Gasteiger partial charge is 0.307 e. The summed E-state index contributed by atoms with van der Waals surface area (Å²) >= 11 is 0. The molecule has 2 rings (SSSR count). The van der Waals surface area contributed by atoms with E-state index in [9.17, 15) is 10.1 Å². The van der Waals surface area contributed by atoms with E-state index in [0.29, 0.717) is 17.1 Å². The topological polar surface area (TPSA) is 107 Å². The highest BCUT2D eigenvalue weighted by atomic mass is 16.6. The molecule has 0 unspecified atom stereocenters. The molecule has 7 nitrogen and oxygen atoms in total. The molecule has 0 radical (unpaired) electrons. The van der Waals surface area contributed by atoms with E-state index in [0.717, 1.165) is 0 Å². The second-order valence-corrected chi connectivity index (χ2v) is 3.20. The molecule has 3 N–H and O–H groups in total. The van der Waals surface area contributed by atoms with Crippen molar-refractivity contribution in [1.29, 1.82) is 0 Å². The molecule has 0 aliphatic carbocycles. The van der Waals surface area contributed by atoms with Crippen LogP contribution in [0.4, 0.5) is 11.5 Å². The maximum Gasteiger partial charge on any atom is 0.269 e. The van der Waals surface area contributed by atoms with Gasteiger partial charge in [-0.3, -0.25) is 15.1 Å². The number of nitrogens with zero attached hydrogens (tertiary/aromatic N) is 3. The van der Waals surface area contributed by atoms with Crippen molar-refractivity contribution in [2.24, 2.45) is 5.84 Å². The quantitative estimate of drug-likeness (QED) is 0.469. The smallest absolute Gasteiger partial charge is 0.269 e. The van der Waals surface area contributed by atoms with E-state index in [-0.39, 0.29) is 5.69 Å². The standard InChI is InChI=1S/C10H9N5O2/c11-14-10-9(12-5-6-13-10)7-1-3-8(4-2-7)15(16)17/h1-6H,11H2,(H,13,14). The van der Waals surface area contributed by atoms with Crippen molar-refractivity contribution in [2.75, 3.05) is 5.43 Å². The number of anilines is 1. The number of nitrogen functional groups attached to an aromatic ring is 1. The van der Waals surface area contributed by atoms with Crippen molar-refractivity contribution in [3.8, 4) is 11.3 Å². The number of nitro benzene ring substituents is 1. The van der Waals surface area contributed by atoms with Crippen LogP contribution < -0.4 is 11.3 Å². The molecule has 2 aromatic rings. The molecule has 0 saturated heterocycles. The normalized spacial score (nSPS) is 9.94. The number of hydrogen-bond donors (Lipinski definition) is 2. The second-order valence-electron chi connectivity index (χ2n) is 3.20. The molecule has 17 heavy (non-hydrogen) atoms. The van der Waals surface area contributed by atoms with Gasteiger partial charge in [-0.25, -0.2) is 10.8 Å². The lowest BCUT2D eigenvalue weighted by atomic mass is 10.1. The fourth-order valence-electron chi connectivity index (χ4n) is 1.40. The Kier molecular flexibility index (Phi) is 2.93. The number of nitrogens with one attached hydrogen (secondary N) is 1. The maximum atomic E-state index is 10.5.